The van der Waals surface area contributed by atoms with Crippen LogP contribution in [-0.2, 0) is 11.2 Å². The van der Waals surface area contributed by atoms with Crippen molar-refractivity contribution in [2.45, 2.75) is 26.0 Å². The van der Waals surface area contributed by atoms with Gasteiger partial charge >= 0.3 is 6.61 Å². The van der Waals surface area contributed by atoms with Crippen molar-refractivity contribution in [3.63, 3.8) is 0 Å². The minimum absolute atomic E-state index is 0.0804. The highest BCUT2D eigenvalue weighted by molar-refractivity contribution is 5.79. The number of carbonyl (C=O) groups is 1. The van der Waals surface area contributed by atoms with Gasteiger partial charge in [-0.3, -0.25) is 4.79 Å². The van der Waals surface area contributed by atoms with Crippen molar-refractivity contribution in [2.24, 2.45) is 0 Å². The highest BCUT2D eigenvalue weighted by Crippen LogP contribution is 2.25. The van der Waals surface area contributed by atoms with Gasteiger partial charge in [0.2, 0.25) is 5.91 Å². The smallest absolute Gasteiger partial charge is 0.387 e. The predicted octanol–water partition coefficient (Wildman–Crippen LogP) is 5.04. The molecule has 0 saturated carbocycles. The summed E-state index contributed by atoms with van der Waals surface area (Å²) in [5, 5.41) is 3.06. The first kappa shape index (κ1) is 19.5. The number of amides is 1. The van der Waals surface area contributed by atoms with Crippen molar-refractivity contribution in [3.8, 4) is 5.75 Å². The molecule has 1 amide bonds. The molecule has 3 aromatic carbocycles. The van der Waals surface area contributed by atoms with Gasteiger partial charge in [-0.25, -0.2) is 0 Å². The summed E-state index contributed by atoms with van der Waals surface area (Å²) in [7, 11) is 0. The highest BCUT2D eigenvalue weighted by atomic mass is 19.3. The van der Waals surface area contributed by atoms with Crippen LogP contribution >= 0.6 is 0 Å². The first-order valence-corrected chi connectivity index (χ1v) is 8.96. The Labute approximate surface area is 163 Å². The maximum Gasteiger partial charge on any atom is 0.387 e. The van der Waals surface area contributed by atoms with Gasteiger partial charge in [-0.05, 0) is 41.3 Å². The molecule has 144 valence electrons. The normalized spacial score (nSPS) is 11.9. The minimum Gasteiger partial charge on any atom is -0.435 e. The van der Waals surface area contributed by atoms with Crippen LogP contribution < -0.4 is 10.1 Å². The molecule has 0 radical (unpaired) electrons. The molecule has 0 heterocycles. The molecule has 1 N–H and O–H groups in total. The Kier molecular flexibility index (Phi) is 6.37. The van der Waals surface area contributed by atoms with E-state index in [1.165, 1.54) is 12.1 Å². The van der Waals surface area contributed by atoms with Crippen molar-refractivity contribution < 1.29 is 18.3 Å². The summed E-state index contributed by atoms with van der Waals surface area (Å²) in [5.74, 6) is -0.0344. The maximum atomic E-state index is 12.7. The molecule has 0 aliphatic heterocycles. The zero-order valence-corrected chi connectivity index (χ0v) is 15.4. The summed E-state index contributed by atoms with van der Waals surface area (Å²) in [6, 6.07) is 23.2. The molecule has 5 heteroatoms. The van der Waals surface area contributed by atoms with E-state index in [0.29, 0.717) is 0 Å². The van der Waals surface area contributed by atoms with Crippen LogP contribution in [0.15, 0.2) is 78.9 Å². The van der Waals surface area contributed by atoms with Gasteiger partial charge in [0.1, 0.15) is 5.75 Å². The number of hydrogen-bond acceptors (Lipinski definition) is 2. The molecule has 0 aliphatic rings. The first-order chi connectivity index (χ1) is 13.5. The lowest BCUT2D eigenvalue weighted by atomic mass is 9.98. The molecule has 0 aliphatic carbocycles. The van der Waals surface area contributed by atoms with Gasteiger partial charge in [0.05, 0.1) is 12.5 Å². The number of nitrogens with one attached hydrogen (secondary N) is 1. The van der Waals surface area contributed by atoms with E-state index in [2.05, 4.69) is 10.1 Å². The lowest BCUT2D eigenvalue weighted by molar-refractivity contribution is -0.120. The highest BCUT2D eigenvalue weighted by Gasteiger charge is 2.18. The number of carbonyl (C=O) groups excluding carboxylic acids is 1. The number of hydrogen-bond donors (Lipinski definition) is 1. The predicted molar refractivity (Wildman–Crippen MR) is 104 cm³/mol. The van der Waals surface area contributed by atoms with Crippen molar-refractivity contribution in [1.29, 1.82) is 0 Å². The van der Waals surface area contributed by atoms with Crippen LogP contribution in [0.3, 0.4) is 0 Å². The molecule has 3 aromatic rings. The molecule has 3 nitrogen and oxygen atoms in total. The Morgan fingerprint density at radius 3 is 2.14 bits per heavy atom. The van der Waals surface area contributed by atoms with Gasteiger partial charge < -0.3 is 10.1 Å². The fourth-order valence-corrected chi connectivity index (χ4v) is 3.04. The van der Waals surface area contributed by atoms with Crippen LogP contribution in [0, 0.1) is 6.92 Å². The molecule has 3 rings (SSSR count). The van der Waals surface area contributed by atoms with E-state index in [1.54, 1.807) is 12.1 Å². The molecule has 0 spiro atoms. The van der Waals surface area contributed by atoms with Crippen molar-refractivity contribution >= 4 is 5.91 Å². The van der Waals surface area contributed by atoms with Gasteiger partial charge in [0, 0.05) is 0 Å². The largest absolute Gasteiger partial charge is 0.435 e. The Hall–Kier alpha value is -3.21. The molecule has 28 heavy (non-hydrogen) atoms. The summed E-state index contributed by atoms with van der Waals surface area (Å²) in [4.78, 5) is 12.7. The number of benzene rings is 3. The molecule has 0 unspecified atom stereocenters. The molecule has 0 saturated heterocycles. The number of aryl methyl sites for hydroxylation is 1. The molecule has 0 bridgehead atoms. The van der Waals surface area contributed by atoms with Crippen molar-refractivity contribution in [2.75, 3.05) is 0 Å². The van der Waals surface area contributed by atoms with Gasteiger partial charge in [0.25, 0.3) is 0 Å². The summed E-state index contributed by atoms with van der Waals surface area (Å²) >= 11 is 0. The van der Waals surface area contributed by atoms with E-state index in [9.17, 15) is 13.6 Å². The Morgan fingerprint density at radius 2 is 1.50 bits per heavy atom. The Balaban J connectivity index is 1.82. The fourth-order valence-electron chi connectivity index (χ4n) is 3.04. The summed E-state index contributed by atoms with van der Waals surface area (Å²) < 4.78 is 29.2. The van der Waals surface area contributed by atoms with E-state index < -0.39 is 12.7 Å². The van der Waals surface area contributed by atoms with Crippen LogP contribution in [0.2, 0.25) is 0 Å². The summed E-state index contributed by atoms with van der Waals surface area (Å²) in [5.41, 5.74) is 3.71. The monoisotopic (exact) mass is 381 g/mol. The maximum absolute atomic E-state index is 12.7. The second kappa shape index (κ2) is 9.13. The van der Waals surface area contributed by atoms with Crippen molar-refractivity contribution in [1.82, 2.24) is 5.32 Å². The molecule has 0 fully saturated rings. The molecule has 1 atom stereocenters. The van der Waals surface area contributed by atoms with Gasteiger partial charge in [-0.15, -0.1) is 0 Å². The molecule has 0 aromatic heterocycles. The average Bonchev–Trinajstić information content (AvgIpc) is 2.69. The number of alkyl halides is 2. The van der Waals surface area contributed by atoms with E-state index in [-0.39, 0.29) is 18.1 Å². The van der Waals surface area contributed by atoms with E-state index in [4.69, 9.17) is 0 Å². The third kappa shape index (κ3) is 5.16. The second-order valence-electron chi connectivity index (χ2n) is 6.46. The van der Waals surface area contributed by atoms with Crippen LogP contribution in [0.5, 0.6) is 5.75 Å². The van der Waals surface area contributed by atoms with Gasteiger partial charge in [-0.2, -0.15) is 8.78 Å². The first-order valence-electron chi connectivity index (χ1n) is 8.96. The van der Waals surface area contributed by atoms with Gasteiger partial charge in [-0.1, -0.05) is 66.7 Å². The topological polar surface area (TPSA) is 38.3 Å². The molecular weight excluding hydrogens is 360 g/mol. The Bertz CT molecular complexity index is 911. The third-order valence-corrected chi connectivity index (χ3v) is 4.49. The van der Waals surface area contributed by atoms with Crippen LogP contribution in [0.4, 0.5) is 8.78 Å². The Morgan fingerprint density at radius 1 is 0.893 bits per heavy atom. The number of ether oxygens (including phenoxy) is 1. The van der Waals surface area contributed by atoms with E-state index >= 15 is 0 Å². The quantitative estimate of drug-likeness (QED) is 0.622. The fraction of sp³-hybridized carbons (Fsp3) is 0.174. The zero-order chi connectivity index (χ0) is 19.9. The lowest BCUT2D eigenvalue weighted by Crippen LogP contribution is -2.30. The average molecular weight is 381 g/mol. The van der Waals surface area contributed by atoms with Crippen LogP contribution in [0.1, 0.15) is 28.3 Å². The third-order valence-electron chi connectivity index (χ3n) is 4.49. The van der Waals surface area contributed by atoms with Crippen molar-refractivity contribution in [3.05, 3.63) is 101 Å². The second-order valence-corrected chi connectivity index (χ2v) is 6.46. The lowest BCUT2D eigenvalue weighted by Gasteiger charge is -2.20. The zero-order valence-electron chi connectivity index (χ0n) is 15.4. The summed E-state index contributed by atoms with van der Waals surface area (Å²) in [6.07, 6.45) is 0.266. The minimum atomic E-state index is -2.87. The van der Waals surface area contributed by atoms with Gasteiger partial charge in [0.15, 0.2) is 0 Å². The SMILES string of the molecule is Cc1ccccc1CC(=O)N[C@@H](c1ccccc1)c1ccc(OC(F)F)cc1. The van der Waals surface area contributed by atoms with Crippen LogP contribution in [0.25, 0.3) is 0 Å². The molecular formula is C23H21F2NO2. The number of halogens is 2. The van der Waals surface area contributed by atoms with E-state index in [1.807, 2.05) is 61.5 Å². The van der Waals surface area contributed by atoms with E-state index in [0.717, 1.165) is 22.3 Å². The standard InChI is InChI=1S/C23H21F2NO2/c1-16-7-5-6-10-19(16)15-21(27)26-22(17-8-3-2-4-9-17)18-11-13-20(14-12-18)28-23(24)25/h2-14,22-23H,15H2,1H3,(H,26,27)/t22-/m0/s1. The van der Waals surface area contributed by atoms with Crippen LogP contribution in [-0.4, -0.2) is 12.5 Å². The number of rotatable bonds is 7. The summed E-state index contributed by atoms with van der Waals surface area (Å²) in [6.45, 7) is -0.899.